The van der Waals surface area contributed by atoms with Crippen molar-refractivity contribution in [2.75, 3.05) is 9.80 Å². The van der Waals surface area contributed by atoms with Crippen molar-refractivity contribution in [3.05, 3.63) is 161 Å². The minimum atomic E-state index is -0.0621. The summed E-state index contributed by atoms with van der Waals surface area (Å²) in [7, 11) is 0. The highest BCUT2D eigenvalue weighted by molar-refractivity contribution is 7.00. The molecule has 6 aromatic carbocycles. The largest absolute Gasteiger partial charge is 0.311 e. The smallest absolute Gasteiger partial charge is 0.252 e. The van der Waals surface area contributed by atoms with Gasteiger partial charge in [-0.15, -0.1) is 0 Å². The van der Waals surface area contributed by atoms with Crippen molar-refractivity contribution < 1.29 is 0 Å². The fraction of sp³-hybridized carbons (Fsp3) is 0.280. The van der Waals surface area contributed by atoms with Gasteiger partial charge in [0.15, 0.2) is 0 Å². The molecule has 0 atom stereocenters. The van der Waals surface area contributed by atoms with Crippen molar-refractivity contribution in [3.8, 4) is 0 Å². The first-order valence-corrected chi connectivity index (χ1v) is 19.6. The molecule has 0 aromatic heterocycles. The molecule has 2 heterocycles. The molecule has 0 spiro atoms. The van der Waals surface area contributed by atoms with E-state index in [-0.39, 0.29) is 17.5 Å². The Morgan fingerprint density at radius 2 is 1.21 bits per heavy atom. The summed E-state index contributed by atoms with van der Waals surface area (Å²) in [6, 6.07) is 48.7. The second kappa shape index (κ2) is 13.1. The van der Waals surface area contributed by atoms with E-state index in [0.29, 0.717) is 5.92 Å². The minimum absolute atomic E-state index is 0.0621. The van der Waals surface area contributed by atoms with E-state index < -0.39 is 0 Å². The molecule has 0 saturated heterocycles. The van der Waals surface area contributed by atoms with E-state index in [1.165, 1.54) is 83.9 Å². The predicted molar refractivity (Wildman–Crippen MR) is 231 cm³/mol. The molecule has 53 heavy (non-hydrogen) atoms. The van der Waals surface area contributed by atoms with Gasteiger partial charge >= 0.3 is 0 Å². The highest BCUT2D eigenvalue weighted by Gasteiger charge is 2.45. The second-order valence-electron chi connectivity index (χ2n) is 17.7. The van der Waals surface area contributed by atoms with Gasteiger partial charge in [-0.05, 0) is 123 Å². The number of aryl methyl sites for hydroxylation is 3. The van der Waals surface area contributed by atoms with Crippen LogP contribution in [0.5, 0.6) is 0 Å². The average molecular weight is 693 g/mol. The maximum atomic E-state index is 2.63. The highest BCUT2D eigenvalue weighted by atomic mass is 15.2. The number of fused-ring (bicyclic) bond motifs is 4. The summed E-state index contributed by atoms with van der Waals surface area (Å²) in [5.41, 5.74) is 19.9. The van der Waals surface area contributed by atoms with Gasteiger partial charge in [-0.2, -0.15) is 0 Å². The summed E-state index contributed by atoms with van der Waals surface area (Å²) < 4.78 is 0. The minimum Gasteiger partial charge on any atom is -0.311 e. The molecule has 6 aromatic rings. The van der Waals surface area contributed by atoms with Crippen LogP contribution >= 0.6 is 0 Å². The van der Waals surface area contributed by atoms with Crippen LogP contribution in [-0.2, 0) is 23.7 Å². The van der Waals surface area contributed by atoms with E-state index in [0.717, 1.165) is 12.8 Å². The molecule has 2 nitrogen and oxygen atoms in total. The van der Waals surface area contributed by atoms with Crippen LogP contribution in [0.2, 0.25) is 0 Å². The van der Waals surface area contributed by atoms with Crippen LogP contribution in [0.1, 0.15) is 94.7 Å². The van der Waals surface area contributed by atoms with E-state index in [9.17, 15) is 0 Å². The summed E-state index contributed by atoms with van der Waals surface area (Å²) in [6.45, 7) is 20.9. The van der Waals surface area contributed by atoms with Crippen LogP contribution in [0.25, 0.3) is 0 Å². The second-order valence-corrected chi connectivity index (χ2v) is 17.7. The van der Waals surface area contributed by atoms with E-state index in [4.69, 9.17) is 0 Å². The fourth-order valence-electron chi connectivity index (χ4n) is 8.50. The zero-order valence-corrected chi connectivity index (χ0v) is 33.1. The Labute approximate surface area is 318 Å². The fourth-order valence-corrected chi connectivity index (χ4v) is 8.50. The zero-order valence-electron chi connectivity index (χ0n) is 33.1. The summed E-state index contributed by atoms with van der Waals surface area (Å²) in [5.74, 6) is 0.420. The number of hydrogen-bond acceptors (Lipinski definition) is 2. The Morgan fingerprint density at radius 3 is 1.87 bits per heavy atom. The van der Waals surface area contributed by atoms with Crippen molar-refractivity contribution in [2.24, 2.45) is 0 Å². The van der Waals surface area contributed by atoms with Crippen LogP contribution in [0, 0.1) is 6.92 Å². The Kier molecular flexibility index (Phi) is 8.68. The van der Waals surface area contributed by atoms with Gasteiger partial charge in [0.1, 0.15) is 0 Å². The number of para-hydroxylation sites is 2. The van der Waals surface area contributed by atoms with E-state index in [1.54, 1.807) is 0 Å². The van der Waals surface area contributed by atoms with Gasteiger partial charge in [0.05, 0.1) is 0 Å². The Morgan fingerprint density at radius 1 is 0.547 bits per heavy atom. The van der Waals surface area contributed by atoms with Gasteiger partial charge in [-0.3, -0.25) is 0 Å². The normalized spacial score (nSPS) is 13.6. The molecule has 0 N–H and O–H groups in total. The summed E-state index contributed by atoms with van der Waals surface area (Å²) in [5, 5.41) is 0. The number of rotatable bonds is 6. The lowest BCUT2D eigenvalue weighted by Crippen LogP contribution is -2.61. The van der Waals surface area contributed by atoms with Gasteiger partial charge in [0, 0.05) is 34.1 Å². The summed E-state index contributed by atoms with van der Waals surface area (Å²) in [6.07, 6.45) is 1.96. The van der Waals surface area contributed by atoms with Crippen molar-refractivity contribution >= 4 is 57.2 Å². The van der Waals surface area contributed by atoms with Crippen molar-refractivity contribution in [1.82, 2.24) is 0 Å². The molecule has 2 aliphatic rings. The number of nitrogens with zero attached hydrogens (tertiary/aromatic N) is 2. The van der Waals surface area contributed by atoms with Crippen molar-refractivity contribution in [2.45, 2.75) is 91.9 Å². The lowest BCUT2D eigenvalue weighted by molar-refractivity contribution is 0.590. The highest BCUT2D eigenvalue weighted by Crippen LogP contribution is 2.48. The Balaban J connectivity index is 1.46. The molecule has 0 amide bonds. The summed E-state index contributed by atoms with van der Waals surface area (Å²) in [4.78, 5) is 5.21. The zero-order chi connectivity index (χ0) is 37.2. The van der Waals surface area contributed by atoms with Gasteiger partial charge in [-0.25, -0.2) is 0 Å². The van der Waals surface area contributed by atoms with Crippen LogP contribution in [-0.4, -0.2) is 6.71 Å². The topological polar surface area (TPSA) is 6.48 Å². The average Bonchev–Trinajstić information content (AvgIpc) is 3.13. The van der Waals surface area contributed by atoms with Crippen LogP contribution < -0.4 is 26.2 Å². The summed E-state index contributed by atoms with van der Waals surface area (Å²) >= 11 is 0. The third-order valence-electron chi connectivity index (χ3n) is 11.6. The molecule has 0 fully saturated rings. The number of hydrogen-bond donors (Lipinski definition) is 0. The Bertz CT molecular complexity index is 2300. The molecule has 8 rings (SSSR count). The predicted octanol–water partition coefficient (Wildman–Crippen LogP) is 11.6. The third kappa shape index (κ3) is 6.19. The molecule has 2 aliphatic heterocycles. The first-order chi connectivity index (χ1) is 25.3. The number of anilines is 6. The van der Waals surface area contributed by atoms with Crippen LogP contribution in [0.15, 0.2) is 127 Å². The third-order valence-corrected chi connectivity index (χ3v) is 11.6. The monoisotopic (exact) mass is 692 g/mol. The first-order valence-electron chi connectivity index (χ1n) is 19.6. The molecular formula is C50H53BN2. The van der Waals surface area contributed by atoms with Crippen LogP contribution in [0.4, 0.5) is 34.1 Å². The molecule has 0 bridgehead atoms. The van der Waals surface area contributed by atoms with Crippen molar-refractivity contribution in [1.29, 1.82) is 0 Å². The maximum Gasteiger partial charge on any atom is 0.252 e. The SMILES string of the molecule is Cc1ccccc1N1c2cc(C(C)(C)C)cc3c2B(c2ccc(C(C)C)cc2N3c2ccc(C(C)(C)C)cc2)c2cccc(CCc3ccccc3)c21. The van der Waals surface area contributed by atoms with Gasteiger partial charge in [-0.1, -0.05) is 146 Å². The lowest BCUT2D eigenvalue weighted by Gasteiger charge is -2.46. The lowest BCUT2D eigenvalue weighted by atomic mass is 9.33. The van der Waals surface area contributed by atoms with E-state index >= 15 is 0 Å². The molecule has 0 aliphatic carbocycles. The molecule has 266 valence electrons. The molecule has 0 unspecified atom stereocenters. The van der Waals surface area contributed by atoms with Crippen molar-refractivity contribution in [3.63, 3.8) is 0 Å². The van der Waals surface area contributed by atoms with E-state index in [1.807, 2.05) is 0 Å². The molecule has 0 radical (unpaired) electrons. The standard InChI is InChI=1S/C50H53BN2/c1-33(2)37-24-29-41-44(30-37)52(40-27-25-38(26-28-40)49(4,5)6)45-31-39(50(7,8)9)32-46-47(45)51(41)42-20-15-19-36(23-22-35-17-11-10-12-18-35)48(42)53(46)43-21-14-13-16-34(43)3/h10-21,24-33H,22-23H2,1-9H3. The van der Waals surface area contributed by atoms with E-state index in [2.05, 4.69) is 200 Å². The maximum absolute atomic E-state index is 2.63. The van der Waals surface area contributed by atoms with Gasteiger partial charge in [0.25, 0.3) is 6.71 Å². The number of benzene rings is 6. The van der Waals surface area contributed by atoms with Crippen LogP contribution in [0.3, 0.4) is 0 Å². The van der Waals surface area contributed by atoms with Gasteiger partial charge < -0.3 is 9.80 Å². The first kappa shape index (κ1) is 35.0. The molecule has 3 heteroatoms. The van der Waals surface area contributed by atoms with Gasteiger partial charge in [0.2, 0.25) is 0 Å². The quantitative estimate of drug-likeness (QED) is 0.160. The Hall–Kier alpha value is -5.02. The molecular weight excluding hydrogens is 639 g/mol. The molecule has 0 saturated carbocycles.